The number of nitrogens with zero attached hydrogens (tertiary/aromatic N) is 2. The zero-order chi connectivity index (χ0) is 23.5. The van der Waals surface area contributed by atoms with Crippen LogP contribution < -0.4 is 4.74 Å². The number of hydrogen-bond acceptors (Lipinski definition) is 5. The van der Waals surface area contributed by atoms with E-state index in [-0.39, 0.29) is 34.0 Å². The van der Waals surface area contributed by atoms with Crippen molar-refractivity contribution < 1.29 is 19.1 Å². The van der Waals surface area contributed by atoms with Crippen molar-refractivity contribution in [2.24, 2.45) is 0 Å². The number of benzene rings is 2. The first-order chi connectivity index (χ1) is 15.8. The van der Waals surface area contributed by atoms with Crippen LogP contribution in [0.4, 0.5) is 4.79 Å². The molecule has 0 N–H and O–H groups in total. The fourth-order valence-corrected chi connectivity index (χ4v) is 5.24. The van der Waals surface area contributed by atoms with Crippen LogP contribution in [0.5, 0.6) is 5.75 Å². The van der Waals surface area contributed by atoms with Crippen LogP contribution in [0.25, 0.3) is 6.08 Å². The number of imide groups is 1. The van der Waals surface area contributed by atoms with Gasteiger partial charge in [0.05, 0.1) is 15.0 Å². The van der Waals surface area contributed by atoms with E-state index in [1.54, 1.807) is 23.1 Å². The molecule has 6 nitrogen and oxygen atoms in total. The van der Waals surface area contributed by atoms with Gasteiger partial charge in [-0.05, 0) is 66.1 Å². The van der Waals surface area contributed by atoms with Gasteiger partial charge in [-0.15, -0.1) is 0 Å². The molecular formula is C23H19BrCl2N2O4S. The van der Waals surface area contributed by atoms with Crippen molar-refractivity contribution in [2.45, 2.75) is 19.4 Å². The second-order valence-electron chi connectivity index (χ2n) is 7.58. The van der Waals surface area contributed by atoms with Crippen molar-refractivity contribution in [1.82, 2.24) is 9.80 Å². The minimum atomic E-state index is -0.500. The summed E-state index contributed by atoms with van der Waals surface area (Å²) in [5.41, 5.74) is 1.50. The summed E-state index contributed by atoms with van der Waals surface area (Å²) in [5, 5.41) is 0.106. The van der Waals surface area contributed by atoms with Crippen LogP contribution in [0.15, 0.2) is 45.8 Å². The predicted molar refractivity (Wildman–Crippen MR) is 133 cm³/mol. The van der Waals surface area contributed by atoms with E-state index in [0.717, 1.165) is 39.5 Å². The lowest BCUT2D eigenvalue weighted by atomic mass is 10.2. The molecule has 3 amide bonds. The third kappa shape index (κ3) is 5.74. The maximum absolute atomic E-state index is 12.7. The summed E-state index contributed by atoms with van der Waals surface area (Å²) < 4.78 is 6.76. The van der Waals surface area contributed by atoms with Crippen molar-refractivity contribution in [1.29, 1.82) is 0 Å². The van der Waals surface area contributed by atoms with E-state index in [4.69, 9.17) is 27.9 Å². The van der Waals surface area contributed by atoms with Gasteiger partial charge < -0.3 is 9.64 Å². The molecule has 0 aromatic heterocycles. The summed E-state index contributed by atoms with van der Waals surface area (Å²) >= 11 is 16.9. The van der Waals surface area contributed by atoms with Crippen molar-refractivity contribution in [3.05, 3.63) is 66.9 Å². The van der Waals surface area contributed by atoms with E-state index < -0.39 is 11.1 Å². The summed E-state index contributed by atoms with van der Waals surface area (Å²) in [5.74, 6) is -0.377. The number of carbonyl (C=O) groups is 3. The molecule has 0 spiro atoms. The maximum atomic E-state index is 12.7. The Bertz CT molecular complexity index is 1110. The number of amides is 3. The first kappa shape index (κ1) is 24.1. The van der Waals surface area contributed by atoms with Crippen molar-refractivity contribution in [2.75, 3.05) is 19.6 Å². The fraction of sp³-hybridized carbons (Fsp3) is 0.261. The highest BCUT2D eigenvalue weighted by Crippen LogP contribution is 2.38. The van der Waals surface area contributed by atoms with Gasteiger partial charge in [-0.2, -0.15) is 0 Å². The first-order valence-electron chi connectivity index (χ1n) is 10.2. The monoisotopic (exact) mass is 568 g/mol. The predicted octanol–water partition coefficient (Wildman–Crippen LogP) is 5.99. The van der Waals surface area contributed by atoms with Gasteiger partial charge >= 0.3 is 0 Å². The summed E-state index contributed by atoms with van der Waals surface area (Å²) in [6, 6.07) is 10.9. The van der Waals surface area contributed by atoms with Gasteiger partial charge in [-0.1, -0.05) is 51.3 Å². The lowest BCUT2D eigenvalue weighted by molar-refractivity contribution is -0.135. The average molecular weight is 570 g/mol. The lowest BCUT2D eigenvalue weighted by Gasteiger charge is -2.18. The molecule has 2 aromatic carbocycles. The van der Waals surface area contributed by atoms with E-state index >= 15 is 0 Å². The normalized spacial score (nSPS) is 17.4. The highest BCUT2D eigenvalue weighted by molar-refractivity contribution is 9.10. The SMILES string of the molecule is O=C(CN1C(=O)S/C(=C/c2cc(Cl)c(OCc3ccc(Br)cc3)c(Cl)c2)C1=O)N1CCCC1. The summed E-state index contributed by atoms with van der Waals surface area (Å²) in [7, 11) is 0. The Balaban J connectivity index is 1.45. The molecule has 4 rings (SSSR count). The molecule has 172 valence electrons. The number of rotatable bonds is 6. The number of likely N-dealkylation sites (tertiary alicyclic amines) is 1. The lowest BCUT2D eigenvalue weighted by Crippen LogP contribution is -2.40. The molecule has 0 bridgehead atoms. The van der Waals surface area contributed by atoms with Crippen LogP contribution in [0, 0.1) is 0 Å². The maximum Gasteiger partial charge on any atom is 0.294 e. The van der Waals surface area contributed by atoms with Crippen molar-refractivity contribution in [3.63, 3.8) is 0 Å². The number of ether oxygens (including phenoxy) is 1. The molecule has 0 atom stereocenters. The molecule has 2 aromatic rings. The van der Waals surface area contributed by atoms with Crippen LogP contribution in [-0.4, -0.2) is 46.5 Å². The smallest absolute Gasteiger partial charge is 0.294 e. The zero-order valence-electron chi connectivity index (χ0n) is 17.4. The van der Waals surface area contributed by atoms with Crippen LogP contribution in [-0.2, 0) is 16.2 Å². The van der Waals surface area contributed by atoms with Crippen molar-refractivity contribution in [3.8, 4) is 5.75 Å². The van der Waals surface area contributed by atoms with Crippen LogP contribution in [0.2, 0.25) is 10.0 Å². The molecule has 2 heterocycles. The molecular weight excluding hydrogens is 551 g/mol. The van der Waals surface area contributed by atoms with Crippen molar-refractivity contribution >= 4 is 74.0 Å². The molecule has 0 unspecified atom stereocenters. The molecule has 33 heavy (non-hydrogen) atoms. The van der Waals surface area contributed by atoms with Gasteiger partial charge in [0, 0.05) is 17.6 Å². The molecule has 10 heteroatoms. The third-order valence-electron chi connectivity index (χ3n) is 5.24. The number of thioether (sulfide) groups is 1. The fourth-order valence-electron chi connectivity index (χ4n) is 3.53. The summed E-state index contributed by atoms with van der Waals surface area (Å²) in [6.07, 6.45) is 3.43. The summed E-state index contributed by atoms with van der Waals surface area (Å²) in [6.45, 7) is 1.37. The Morgan fingerprint density at radius 3 is 2.36 bits per heavy atom. The van der Waals surface area contributed by atoms with Gasteiger partial charge in [-0.3, -0.25) is 19.3 Å². The average Bonchev–Trinajstić information content (AvgIpc) is 3.39. The number of hydrogen-bond donors (Lipinski definition) is 0. The molecule has 0 radical (unpaired) electrons. The first-order valence-corrected chi connectivity index (χ1v) is 12.6. The van der Waals surface area contributed by atoms with E-state index in [9.17, 15) is 14.4 Å². The van der Waals surface area contributed by atoms with E-state index in [2.05, 4.69) is 15.9 Å². The highest BCUT2D eigenvalue weighted by atomic mass is 79.9. The Labute approximate surface area is 214 Å². The van der Waals surface area contributed by atoms with Gasteiger partial charge in [0.15, 0.2) is 5.75 Å². The molecule has 0 aliphatic carbocycles. The second-order valence-corrected chi connectivity index (χ2v) is 10.3. The Morgan fingerprint density at radius 1 is 1.09 bits per heavy atom. The number of carbonyl (C=O) groups excluding carboxylic acids is 3. The number of halogens is 3. The third-order valence-corrected chi connectivity index (χ3v) is 7.24. The minimum Gasteiger partial charge on any atom is -0.486 e. The second kappa shape index (κ2) is 10.5. The zero-order valence-corrected chi connectivity index (χ0v) is 21.3. The quantitative estimate of drug-likeness (QED) is 0.399. The van der Waals surface area contributed by atoms with E-state index in [1.165, 1.54) is 0 Å². The standard InChI is InChI=1S/C23H19BrCl2N2O4S/c24-16-5-3-14(4-6-16)13-32-21-17(25)9-15(10-18(21)26)11-19-22(30)28(23(31)33-19)12-20(29)27-7-1-2-8-27/h3-6,9-11H,1-2,7-8,12-13H2/b19-11+. The van der Waals surface area contributed by atoms with E-state index in [1.807, 2.05) is 24.3 Å². The van der Waals surface area contributed by atoms with Crippen LogP contribution >= 0.6 is 50.9 Å². The molecule has 2 aliphatic rings. The Kier molecular flexibility index (Phi) is 7.69. The Hall–Kier alpha value is -2.00. The van der Waals surface area contributed by atoms with E-state index in [0.29, 0.717) is 24.4 Å². The molecule has 2 saturated heterocycles. The minimum absolute atomic E-state index is 0.213. The topological polar surface area (TPSA) is 66.9 Å². The summed E-state index contributed by atoms with van der Waals surface area (Å²) in [4.78, 5) is 40.3. The molecule has 0 saturated carbocycles. The Morgan fingerprint density at radius 2 is 1.73 bits per heavy atom. The van der Waals surface area contributed by atoms with Gasteiger partial charge in [0.2, 0.25) is 5.91 Å². The van der Waals surface area contributed by atoms with Gasteiger partial charge in [0.25, 0.3) is 11.1 Å². The molecule has 2 aliphatic heterocycles. The van der Waals surface area contributed by atoms with Gasteiger partial charge in [0.1, 0.15) is 13.2 Å². The largest absolute Gasteiger partial charge is 0.486 e. The van der Waals surface area contributed by atoms with Crippen LogP contribution in [0.3, 0.4) is 0 Å². The molecule has 2 fully saturated rings. The van der Waals surface area contributed by atoms with Gasteiger partial charge in [-0.25, -0.2) is 0 Å². The highest BCUT2D eigenvalue weighted by Gasteiger charge is 2.37. The van der Waals surface area contributed by atoms with Crippen LogP contribution in [0.1, 0.15) is 24.0 Å².